The van der Waals surface area contributed by atoms with Gasteiger partial charge in [-0.25, -0.2) is 0 Å². The fourth-order valence-electron chi connectivity index (χ4n) is 0.878. The zero-order valence-corrected chi connectivity index (χ0v) is 7.93. The van der Waals surface area contributed by atoms with E-state index >= 15 is 0 Å². The van der Waals surface area contributed by atoms with Crippen LogP contribution in [0.1, 0.15) is 9.23 Å². The average molecular weight is 231 g/mol. The topological polar surface area (TPSA) is 37.3 Å². The SMILES string of the molecule is O=C(O)c1cc2cscc2[se]1. The standard InChI is InChI=1S/C7H4O2SSe/c8-7(9)5-1-4-2-10-3-6(4)11-5/h1-3H,(H,8,9). The van der Waals surface area contributed by atoms with E-state index in [1.165, 1.54) is 4.26 Å². The van der Waals surface area contributed by atoms with Crippen LogP contribution >= 0.6 is 11.3 Å². The fraction of sp³-hybridized carbons (Fsp3) is 0. The summed E-state index contributed by atoms with van der Waals surface area (Å²) in [6.45, 7) is 0. The Balaban J connectivity index is 2.67. The van der Waals surface area contributed by atoms with Gasteiger partial charge in [0.05, 0.1) is 0 Å². The number of aromatic carboxylic acids is 1. The van der Waals surface area contributed by atoms with Gasteiger partial charge in [-0.05, 0) is 0 Å². The molecule has 0 saturated heterocycles. The molecule has 0 atom stereocenters. The minimum absolute atomic E-state index is 0.0428. The minimum atomic E-state index is -0.772. The van der Waals surface area contributed by atoms with Gasteiger partial charge in [0.1, 0.15) is 0 Å². The van der Waals surface area contributed by atoms with Crippen molar-refractivity contribution in [1.29, 1.82) is 0 Å². The van der Waals surface area contributed by atoms with Gasteiger partial charge in [-0.3, -0.25) is 0 Å². The first-order valence-electron chi connectivity index (χ1n) is 2.96. The third-order valence-corrected chi connectivity index (χ3v) is 4.75. The van der Waals surface area contributed by atoms with Gasteiger partial charge in [0.2, 0.25) is 0 Å². The van der Waals surface area contributed by atoms with Crippen LogP contribution in [0.25, 0.3) is 9.65 Å². The second kappa shape index (κ2) is 2.48. The van der Waals surface area contributed by atoms with Gasteiger partial charge in [0.15, 0.2) is 0 Å². The van der Waals surface area contributed by atoms with E-state index in [1.807, 2.05) is 10.8 Å². The quantitative estimate of drug-likeness (QED) is 0.758. The van der Waals surface area contributed by atoms with E-state index in [0.717, 1.165) is 5.39 Å². The van der Waals surface area contributed by atoms with Gasteiger partial charge in [0.25, 0.3) is 0 Å². The first kappa shape index (κ1) is 7.10. The summed E-state index contributed by atoms with van der Waals surface area (Å²) in [4.78, 5) is 10.5. The Kier molecular flexibility index (Phi) is 1.60. The molecule has 2 heterocycles. The number of thiophene rings is 1. The number of hydrogen-bond donors (Lipinski definition) is 1. The van der Waals surface area contributed by atoms with E-state index in [2.05, 4.69) is 0 Å². The average Bonchev–Trinajstić information content (AvgIpc) is 2.40. The third-order valence-electron chi connectivity index (χ3n) is 1.37. The van der Waals surface area contributed by atoms with E-state index in [1.54, 1.807) is 17.4 Å². The second-order valence-electron chi connectivity index (χ2n) is 2.11. The van der Waals surface area contributed by atoms with Gasteiger partial charge < -0.3 is 0 Å². The Morgan fingerprint density at radius 2 is 2.36 bits per heavy atom. The summed E-state index contributed by atoms with van der Waals surface area (Å²) >= 11 is 1.68. The van der Waals surface area contributed by atoms with Crippen molar-refractivity contribution in [2.75, 3.05) is 0 Å². The zero-order valence-electron chi connectivity index (χ0n) is 5.40. The summed E-state index contributed by atoms with van der Waals surface area (Å²) in [5.41, 5.74) is 0. The molecule has 0 aromatic carbocycles. The second-order valence-corrected chi connectivity index (χ2v) is 5.12. The van der Waals surface area contributed by atoms with Crippen molar-refractivity contribution < 1.29 is 9.90 Å². The molecule has 4 heteroatoms. The Hall–Kier alpha value is -0.571. The maximum absolute atomic E-state index is 10.5. The number of carbonyl (C=O) groups is 1. The molecule has 0 saturated carbocycles. The number of hydrogen-bond acceptors (Lipinski definition) is 2. The summed E-state index contributed by atoms with van der Waals surface area (Å²) in [5, 5.41) is 13.8. The number of carboxylic acid groups (broad SMARTS) is 1. The van der Waals surface area contributed by atoms with Gasteiger partial charge in [0, 0.05) is 0 Å². The molecule has 2 rings (SSSR count). The van der Waals surface area contributed by atoms with Crippen LogP contribution < -0.4 is 0 Å². The summed E-state index contributed by atoms with van der Waals surface area (Å²) in [7, 11) is 0. The zero-order chi connectivity index (χ0) is 7.84. The maximum atomic E-state index is 10.5. The van der Waals surface area contributed by atoms with Crippen LogP contribution in [0.5, 0.6) is 0 Å². The first-order chi connectivity index (χ1) is 5.27. The van der Waals surface area contributed by atoms with Crippen LogP contribution in [0.4, 0.5) is 0 Å². The van der Waals surface area contributed by atoms with Gasteiger partial charge in [-0.1, -0.05) is 0 Å². The van der Waals surface area contributed by atoms with E-state index in [0.29, 0.717) is 4.44 Å². The molecule has 0 radical (unpaired) electrons. The Morgan fingerprint density at radius 1 is 1.55 bits per heavy atom. The molecule has 2 aromatic rings. The molecule has 0 fully saturated rings. The Labute approximate surface area is 72.8 Å². The van der Waals surface area contributed by atoms with Crippen LogP contribution in [0.15, 0.2) is 16.8 Å². The van der Waals surface area contributed by atoms with Crippen molar-refractivity contribution in [3.63, 3.8) is 0 Å². The molecule has 0 spiro atoms. The van der Waals surface area contributed by atoms with E-state index in [-0.39, 0.29) is 14.5 Å². The fourth-order valence-corrected chi connectivity index (χ4v) is 3.98. The van der Waals surface area contributed by atoms with E-state index < -0.39 is 5.97 Å². The molecule has 1 N–H and O–H groups in total. The van der Waals surface area contributed by atoms with Gasteiger partial charge in [-0.2, -0.15) is 0 Å². The first-order valence-corrected chi connectivity index (χ1v) is 5.62. The molecule has 0 amide bonds. The predicted molar refractivity (Wildman–Crippen MR) is 45.7 cm³/mol. The molecule has 11 heavy (non-hydrogen) atoms. The number of rotatable bonds is 1. The predicted octanol–water partition coefficient (Wildman–Crippen LogP) is 1.66. The van der Waals surface area contributed by atoms with Crippen LogP contribution in [0.2, 0.25) is 0 Å². The summed E-state index contributed by atoms with van der Waals surface area (Å²) in [5.74, 6) is -0.772. The third kappa shape index (κ3) is 1.13. The van der Waals surface area contributed by atoms with Crippen LogP contribution in [0, 0.1) is 0 Å². The van der Waals surface area contributed by atoms with Crippen LogP contribution in [0.3, 0.4) is 0 Å². The van der Waals surface area contributed by atoms with Crippen molar-refractivity contribution >= 4 is 41.5 Å². The molecule has 0 aliphatic heterocycles. The Bertz CT molecular complexity index is 373. The van der Waals surface area contributed by atoms with Crippen molar-refractivity contribution in [2.24, 2.45) is 0 Å². The van der Waals surface area contributed by atoms with Crippen LogP contribution in [-0.4, -0.2) is 25.6 Å². The van der Waals surface area contributed by atoms with Crippen molar-refractivity contribution in [3.05, 3.63) is 21.3 Å². The van der Waals surface area contributed by atoms with E-state index in [9.17, 15) is 4.79 Å². The monoisotopic (exact) mass is 232 g/mol. The van der Waals surface area contributed by atoms with E-state index in [4.69, 9.17) is 5.11 Å². The molecule has 56 valence electrons. The molecule has 0 unspecified atom stereocenters. The van der Waals surface area contributed by atoms with Crippen molar-refractivity contribution in [2.45, 2.75) is 0 Å². The molecule has 0 aliphatic carbocycles. The number of fused-ring (bicyclic) bond motifs is 1. The number of carboxylic acids is 1. The van der Waals surface area contributed by atoms with Gasteiger partial charge in [-0.15, -0.1) is 0 Å². The summed E-state index contributed by atoms with van der Waals surface area (Å²) in [6, 6.07) is 1.77. The van der Waals surface area contributed by atoms with Crippen LogP contribution in [-0.2, 0) is 0 Å². The Morgan fingerprint density at radius 3 is 3.00 bits per heavy atom. The molecule has 2 aromatic heterocycles. The summed E-state index contributed by atoms with van der Waals surface area (Å²) < 4.78 is 1.77. The van der Waals surface area contributed by atoms with Crippen molar-refractivity contribution in [1.82, 2.24) is 0 Å². The molecule has 2 nitrogen and oxygen atoms in total. The normalized spacial score (nSPS) is 10.5. The van der Waals surface area contributed by atoms with Gasteiger partial charge >= 0.3 is 72.6 Å². The molecular formula is C7H4O2SSe. The molecular weight excluding hydrogens is 227 g/mol. The van der Waals surface area contributed by atoms with Crippen molar-refractivity contribution in [3.8, 4) is 0 Å². The molecule has 0 bridgehead atoms. The molecule has 0 aliphatic rings. The summed E-state index contributed by atoms with van der Waals surface area (Å²) in [6.07, 6.45) is 0.